The number of aromatic nitrogens is 12. The SMILES string of the molecule is CC(C)Cn1c(CCc2ccccc2)nc2ccccc21.CC(C)Cn1c(CSc2ccccc2)nc2ccccc21.CCOc1ccc2c(c1)nc(Cc1cccc(OC)c1)n2CC(C)C.CCOc1cccc(OCc2nc3ccc(OCC(=O)O)cc3n2CC(C)C)c1.COc1cccc(OCc2nc3ccccc3n2CC(C)C)c1.Cc1ccc(CCc2nc3ccccc3n2CC(C)C)cc1. The number of carbonyl (C=O) groups is 1. The maximum atomic E-state index is 10.8. The molecule has 0 radical (unpaired) electrons. The average molecular weight is 1910 g/mol. The highest BCUT2D eigenvalue weighted by molar-refractivity contribution is 7.98. The molecule has 0 aliphatic rings. The van der Waals surface area contributed by atoms with Crippen molar-refractivity contribution in [1.29, 1.82) is 0 Å². The predicted octanol–water partition coefficient (Wildman–Crippen LogP) is 27.4. The molecule has 18 aromatic rings. The van der Waals surface area contributed by atoms with Gasteiger partial charge in [0.25, 0.3) is 0 Å². The molecule has 21 nitrogen and oxygen atoms in total. The van der Waals surface area contributed by atoms with Crippen LogP contribution in [0, 0.1) is 42.4 Å². The van der Waals surface area contributed by atoms with Gasteiger partial charge < -0.3 is 65.7 Å². The third kappa shape index (κ3) is 30.4. The van der Waals surface area contributed by atoms with Gasteiger partial charge in [-0.3, -0.25) is 0 Å². The molecule has 0 bridgehead atoms. The normalized spacial score (nSPS) is 11.3. The molecule has 22 heteroatoms. The van der Waals surface area contributed by atoms with Crippen molar-refractivity contribution in [2.24, 2.45) is 35.5 Å². The Morgan fingerprint density at radius 2 is 0.638 bits per heavy atom. The first-order valence-corrected chi connectivity index (χ1v) is 50.6. The van der Waals surface area contributed by atoms with Gasteiger partial charge in [-0.25, -0.2) is 34.7 Å². The van der Waals surface area contributed by atoms with E-state index in [0.29, 0.717) is 73.4 Å². The van der Waals surface area contributed by atoms with Crippen molar-refractivity contribution in [1.82, 2.24) is 57.3 Å². The van der Waals surface area contributed by atoms with Crippen molar-refractivity contribution >= 4 is 83.9 Å². The molecule has 12 aromatic carbocycles. The van der Waals surface area contributed by atoms with Crippen LogP contribution in [-0.2, 0) is 95.1 Å². The van der Waals surface area contributed by atoms with Crippen LogP contribution in [0.25, 0.3) is 66.2 Å². The molecule has 1 N–H and O–H groups in total. The van der Waals surface area contributed by atoms with E-state index in [1.54, 1.807) is 20.3 Å². The lowest BCUT2D eigenvalue weighted by molar-refractivity contribution is -0.139. The Labute approximate surface area is 836 Å². The monoisotopic (exact) mass is 1910 g/mol. The van der Waals surface area contributed by atoms with Crippen LogP contribution < -0.4 is 33.2 Å². The molecule has 0 unspecified atom stereocenters. The number of fused-ring (bicyclic) bond motifs is 6. The van der Waals surface area contributed by atoms with Crippen LogP contribution in [-0.4, -0.2) is 102 Å². The number of nitrogens with zero attached hydrogens (tertiary/aromatic N) is 12. The molecule has 0 spiro atoms. The van der Waals surface area contributed by atoms with E-state index in [0.717, 1.165) is 173 Å². The first kappa shape index (κ1) is 104. The van der Waals surface area contributed by atoms with Crippen LogP contribution in [0.4, 0.5) is 0 Å². The van der Waals surface area contributed by atoms with Crippen LogP contribution in [0.3, 0.4) is 0 Å². The summed E-state index contributed by atoms with van der Waals surface area (Å²) in [5, 5.41) is 8.83. The molecule has 0 atom stereocenters. The number of benzene rings is 12. The minimum Gasteiger partial charge on any atom is -0.497 e. The van der Waals surface area contributed by atoms with Gasteiger partial charge in [-0.2, -0.15) is 0 Å². The van der Waals surface area contributed by atoms with Gasteiger partial charge in [-0.15, -0.1) is 11.8 Å². The Bertz CT molecular complexity index is 6820. The number of para-hydroxylation sites is 8. The Kier molecular flexibility index (Phi) is 38.6. The Hall–Kier alpha value is -14.1. The van der Waals surface area contributed by atoms with Crippen molar-refractivity contribution in [3.63, 3.8) is 0 Å². The summed E-state index contributed by atoms with van der Waals surface area (Å²) in [6, 6.07) is 98.5. The number of aliphatic carboxylic acids is 1. The van der Waals surface area contributed by atoms with Crippen LogP contribution in [0.1, 0.15) is 154 Å². The zero-order valence-electron chi connectivity index (χ0n) is 85.2. The van der Waals surface area contributed by atoms with E-state index < -0.39 is 5.97 Å². The summed E-state index contributed by atoms with van der Waals surface area (Å²) in [6.07, 6.45) is 4.85. The number of aryl methyl sites for hydroxylation is 5. The molecule has 141 heavy (non-hydrogen) atoms. The first-order valence-electron chi connectivity index (χ1n) is 49.6. The van der Waals surface area contributed by atoms with E-state index in [9.17, 15) is 4.79 Å². The number of thioether (sulfide) groups is 1. The van der Waals surface area contributed by atoms with Gasteiger partial charge in [0.1, 0.15) is 88.4 Å². The van der Waals surface area contributed by atoms with E-state index >= 15 is 0 Å². The Morgan fingerprint density at radius 1 is 0.298 bits per heavy atom. The topological polar surface area (TPSA) is 209 Å². The highest BCUT2D eigenvalue weighted by atomic mass is 32.2. The van der Waals surface area contributed by atoms with E-state index in [-0.39, 0.29) is 6.61 Å². The maximum Gasteiger partial charge on any atom is 0.341 e. The zero-order chi connectivity index (χ0) is 99.7. The lowest BCUT2D eigenvalue weighted by Gasteiger charge is -2.13. The van der Waals surface area contributed by atoms with E-state index in [1.165, 1.54) is 61.2 Å². The quantitative estimate of drug-likeness (QED) is 0.0357. The molecular weight excluding hydrogens is 1770 g/mol. The number of hydrogen-bond acceptors (Lipinski definition) is 15. The second kappa shape index (κ2) is 52.2. The van der Waals surface area contributed by atoms with Gasteiger partial charge in [0.2, 0.25) is 0 Å². The van der Waals surface area contributed by atoms with Crippen LogP contribution in [0.15, 0.2) is 296 Å². The van der Waals surface area contributed by atoms with E-state index in [1.807, 2.05) is 129 Å². The number of carboxylic acids is 1. The van der Waals surface area contributed by atoms with Crippen LogP contribution in [0.5, 0.6) is 40.2 Å². The molecular formula is C119H140N12O9S. The number of ether oxygens (including phenoxy) is 7. The minimum atomic E-state index is -1.01. The summed E-state index contributed by atoms with van der Waals surface area (Å²) in [7, 11) is 3.35. The third-order valence-corrected chi connectivity index (χ3v) is 24.2. The predicted molar refractivity (Wildman–Crippen MR) is 575 cm³/mol. The molecule has 0 amide bonds. The summed E-state index contributed by atoms with van der Waals surface area (Å²) in [6.45, 7) is 40.1. The second-order valence-electron chi connectivity index (χ2n) is 37.8. The van der Waals surface area contributed by atoms with Gasteiger partial charge in [-0.05, 0) is 207 Å². The number of imidazole rings is 6. The lowest BCUT2D eigenvalue weighted by atomic mass is 10.1. The van der Waals surface area contributed by atoms with Gasteiger partial charge in [0, 0.05) is 87.7 Å². The van der Waals surface area contributed by atoms with E-state index in [2.05, 4.69) is 299 Å². The van der Waals surface area contributed by atoms with Crippen LogP contribution >= 0.6 is 11.8 Å². The number of methoxy groups -OCH3 is 2. The fraction of sp³-hybridized carbons (Fsp3) is 0.336. The standard InChI is InChI=1S/C22H26N2O5.C21H26N2O2.C20H24N2.C19H22N2O2.C19H22N2.C18H20N2S/c1-4-27-16-6-5-7-17(10-16)28-13-21-23-19-9-8-18(29-14-22(25)26)11-20(19)24(21)12-15(2)3;1-5-25-18-9-10-20-19(13-18)22-21(23(20)14-15(2)3)12-16-7-6-8-17(11-16)24-4;1-15(2)14-22-19-7-5-4-6-18(19)21-20(22)13-12-17-10-8-16(3)9-11-17;1-14(2)12-21-18-10-5-4-9-17(18)20-19(21)13-23-16-8-6-7-15(11-16)22-3;1-15(2)14-21-18-11-7-6-10-17(18)20-19(21)13-12-16-8-4-3-5-9-16;1-14(2)12-20-17-11-7-6-10-16(17)19-18(20)13-21-15-8-4-3-5-9-15/h5-11,15H,4,12-14H2,1-3H3,(H,25,26);6-11,13,15H,5,12,14H2,1-4H3;4-11,15H,12-14H2,1-3H3;4-11,14H,12-13H2,1-3H3;3-11,15H,12-14H2,1-2H3;3-11,14H,12-13H2,1-2H3. The van der Waals surface area contributed by atoms with Crippen LogP contribution in [0.2, 0.25) is 0 Å². The smallest absolute Gasteiger partial charge is 0.341 e. The summed E-state index contributed by atoms with van der Waals surface area (Å²) in [4.78, 5) is 40.9. The molecule has 0 aliphatic heterocycles. The highest BCUT2D eigenvalue weighted by Crippen LogP contribution is 2.33. The number of hydrogen-bond donors (Lipinski definition) is 1. The van der Waals surface area contributed by atoms with E-state index in [4.69, 9.17) is 68.2 Å². The van der Waals surface area contributed by atoms with Gasteiger partial charge in [0.05, 0.1) is 99.4 Å². The summed E-state index contributed by atoms with van der Waals surface area (Å²) >= 11 is 1.85. The van der Waals surface area contributed by atoms with Crippen molar-refractivity contribution < 1.29 is 43.1 Å². The minimum absolute atomic E-state index is 0.308. The lowest BCUT2D eigenvalue weighted by Crippen LogP contribution is -2.11. The molecule has 0 saturated heterocycles. The molecule has 0 aliphatic carbocycles. The van der Waals surface area contributed by atoms with Crippen molar-refractivity contribution in [3.05, 3.63) is 348 Å². The average Bonchev–Trinajstić information content (AvgIpc) is 1.64. The highest BCUT2D eigenvalue weighted by Gasteiger charge is 2.21. The van der Waals surface area contributed by atoms with Gasteiger partial charge in [0.15, 0.2) is 6.61 Å². The van der Waals surface area contributed by atoms with Crippen molar-refractivity contribution in [2.75, 3.05) is 34.0 Å². The summed E-state index contributed by atoms with van der Waals surface area (Å²) < 4.78 is 52.8. The Balaban J connectivity index is 0.000000143. The molecule has 6 heterocycles. The second-order valence-corrected chi connectivity index (χ2v) is 38.9. The van der Waals surface area contributed by atoms with Crippen molar-refractivity contribution in [3.8, 4) is 40.2 Å². The summed E-state index contributed by atoms with van der Waals surface area (Å²) in [5.41, 5.74) is 18.4. The molecule has 6 aromatic heterocycles. The number of carboxylic acid groups (broad SMARTS) is 1. The third-order valence-electron chi connectivity index (χ3n) is 23.2. The maximum absolute atomic E-state index is 10.8. The van der Waals surface area contributed by atoms with Gasteiger partial charge >= 0.3 is 5.97 Å². The number of rotatable bonds is 38. The first-order chi connectivity index (χ1) is 68.3. The largest absolute Gasteiger partial charge is 0.497 e. The zero-order valence-corrected chi connectivity index (χ0v) is 86.0. The Morgan fingerprint density at radius 3 is 1.11 bits per heavy atom. The molecule has 736 valence electrons. The molecule has 18 rings (SSSR count). The summed E-state index contributed by atoms with van der Waals surface area (Å²) in [5.74, 6) is 14.9. The molecule has 0 saturated carbocycles. The van der Waals surface area contributed by atoms with Gasteiger partial charge in [-0.1, -0.05) is 234 Å². The fourth-order valence-electron chi connectivity index (χ4n) is 16.9. The fourth-order valence-corrected chi connectivity index (χ4v) is 17.8. The van der Waals surface area contributed by atoms with Crippen molar-refractivity contribution in [2.45, 2.75) is 199 Å². The molecule has 0 fully saturated rings.